The fourth-order valence-corrected chi connectivity index (χ4v) is 5.48. The van der Waals surface area contributed by atoms with Crippen LogP contribution in [0, 0.1) is 0 Å². The molecule has 0 N–H and O–H groups in total. The fourth-order valence-electron chi connectivity index (χ4n) is 3.81. The summed E-state index contributed by atoms with van der Waals surface area (Å²) in [4.78, 5) is 14.3. The Morgan fingerprint density at radius 3 is 2.04 bits per heavy atom. The topological polar surface area (TPSA) is 70.2 Å². The standard InChI is InChI=1S/C20H31N3O4S/c1-27-19-9-6-18(7-10-19)8-11-20(24)21-14-16-23(17-15-21)28(25,26)22-12-4-2-3-5-13-22/h6-7,9-10H,2-5,8,11-17H2,1H3. The van der Waals surface area contributed by atoms with Gasteiger partial charge in [0.15, 0.2) is 0 Å². The van der Waals surface area contributed by atoms with Crippen LogP contribution in [0.2, 0.25) is 0 Å². The van der Waals surface area contributed by atoms with Crippen LogP contribution >= 0.6 is 0 Å². The summed E-state index contributed by atoms with van der Waals surface area (Å²) in [6.45, 7) is 2.93. The molecule has 1 aromatic carbocycles. The Morgan fingerprint density at radius 1 is 0.893 bits per heavy atom. The highest BCUT2D eigenvalue weighted by Gasteiger charge is 2.33. The maximum atomic E-state index is 12.9. The highest BCUT2D eigenvalue weighted by atomic mass is 32.2. The van der Waals surface area contributed by atoms with Crippen molar-refractivity contribution in [2.24, 2.45) is 0 Å². The van der Waals surface area contributed by atoms with E-state index in [9.17, 15) is 13.2 Å². The van der Waals surface area contributed by atoms with Crippen LogP contribution in [0.15, 0.2) is 24.3 Å². The summed E-state index contributed by atoms with van der Waals surface area (Å²) in [7, 11) is -1.77. The molecule has 0 spiro atoms. The van der Waals surface area contributed by atoms with Crippen LogP contribution in [-0.2, 0) is 21.4 Å². The lowest BCUT2D eigenvalue weighted by Crippen LogP contribution is -2.54. The van der Waals surface area contributed by atoms with Gasteiger partial charge in [-0.3, -0.25) is 4.79 Å². The summed E-state index contributed by atoms with van der Waals surface area (Å²) >= 11 is 0. The molecule has 2 fully saturated rings. The van der Waals surface area contributed by atoms with Crippen molar-refractivity contribution in [2.45, 2.75) is 38.5 Å². The van der Waals surface area contributed by atoms with Crippen molar-refractivity contribution in [3.05, 3.63) is 29.8 Å². The number of hydrogen-bond donors (Lipinski definition) is 0. The van der Waals surface area contributed by atoms with E-state index in [0.29, 0.717) is 52.1 Å². The van der Waals surface area contributed by atoms with E-state index >= 15 is 0 Å². The molecular formula is C20H31N3O4S. The third-order valence-electron chi connectivity index (χ3n) is 5.60. The highest BCUT2D eigenvalue weighted by molar-refractivity contribution is 7.86. The normalized spacial score (nSPS) is 20.0. The number of methoxy groups -OCH3 is 1. The molecule has 2 heterocycles. The van der Waals surface area contributed by atoms with E-state index in [1.807, 2.05) is 24.3 Å². The molecule has 0 aliphatic carbocycles. The quantitative estimate of drug-likeness (QED) is 0.720. The van der Waals surface area contributed by atoms with Gasteiger partial charge < -0.3 is 9.64 Å². The van der Waals surface area contributed by atoms with Gasteiger partial charge in [-0.05, 0) is 37.0 Å². The summed E-state index contributed by atoms with van der Waals surface area (Å²) in [5, 5.41) is 0. The average molecular weight is 410 g/mol. The first-order chi connectivity index (χ1) is 13.5. The molecule has 0 radical (unpaired) electrons. The minimum absolute atomic E-state index is 0.0858. The average Bonchev–Trinajstić information content (AvgIpc) is 3.02. The Morgan fingerprint density at radius 2 is 1.46 bits per heavy atom. The lowest BCUT2D eigenvalue weighted by molar-refractivity contribution is -0.132. The third-order valence-corrected chi connectivity index (χ3v) is 7.63. The first-order valence-corrected chi connectivity index (χ1v) is 11.6. The number of nitrogens with zero attached hydrogens (tertiary/aromatic N) is 3. The predicted octanol–water partition coefficient (Wildman–Crippen LogP) is 1.89. The summed E-state index contributed by atoms with van der Waals surface area (Å²) in [6, 6.07) is 7.73. The van der Waals surface area contributed by atoms with Crippen LogP contribution in [0.4, 0.5) is 0 Å². The number of ether oxygens (including phenoxy) is 1. The molecule has 0 saturated carbocycles. The molecule has 0 unspecified atom stereocenters. The fraction of sp³-hybridized carbons (Fsp3) is 0.650. The zero-order valence-corrected chi connectivity index (χ0v) is 17.5. The van der Waals surface area contributed by atoms with E-state index in [2.05, 4.69) is 0 Å². The van der Waals surface area contributed by atoms with Crippen molar-refractivity contribution in [3.63, 3.8) is 0 Å². The van der Waals surface area contributed by atoms with Gasteiger partial charge in [-0.15, -0.1) is 0 Å². The summed E-state index contributed by atoms with van der Waals surface area (Å²) < 4.78 is 34.1. The number of amides is 1. The van der Waals surface area contributed by atoms with E-state index in [-0.39, 0.29) is 5.91 Å². The molecule has 3 rings (SSSR count). The smallest absolute Gasteiger partial charge is 0.282 e. The van der Waals surface area contributed by atoms with Gasteiger partial charge in [0.2, 0.25) is 5.91 Å². The van der Waals surface area contributed by atoms with Gasteiger partial charge in [0.05, 0.1) is 7.11 Å². The minimum Gasteiger partial charge on any atom is -0.497 e. The molecule has 28 heavy (non-hydrogen) atoms. The molecule has 1 aromatic rings. The molecule has 0 aromatic heterocycles. The van der Waals surface area contributed by atoms with Crippen LogP contribution in [0.5, 0.6) is 5.75 Å². The molecule has 2 aliphatic rings. The number of carbonyl (C=O) groups excluding carboxylic acids is 1. The predicted molar refractivity (Wildman–Crippen MR) is 108 cm³/mol. The number of carbonyl (C=O) groups is 1. The number of hydrogen-bond acceptors (Lipinski definition) is 4. The van der Waals surface area contributed by atoms with E-state index in [4.69, 9.17) is 4.74 Å². The number of rotatable bonds is 6. The second-order valence-corrected chi connectivity index (χ2v) is 9.38. The SMILES string of the molecule is COc1ccc(CCC(=O)N2CCN(S(=O)(=O)N3CCCCCC3)CC2)cc1. The van der Waals surface area contributed by atoms with Crippen molar-refractivity contribution in [3.8, 4) is 5.75 Å². The summed E-state index contributed by atoms with van der Waals surface area (Å²) in [5.74, 6) is 0.888. The zero-order valence-electron chi connectivity index (χ0n) is 16.7. The van der Waals surface area contributed by atoms with Gasteiger partial charge in [-0.2, -0.15) is 17.0 Å². The second kappa shape index (κ2) is 9.71. The maximum Gasteiger partial charge on any atom is 0.282 e. The number of aryl methyl sites for hydroxylation is 1. The van der Waals surface area contributed by atoms with Gasteiger partial charge in [0.25, 0.3) is 10.2 Å². The largest absolute Gasteiger partial charge is 0.497 e. The first-order valence-electron chi connectivity index (χ1n) is 10.2. The monoisotopic (exact) mass is 409 g/mol. The van der Waals surface area contributed by atoms with E-state index in [1.54, 1.807) is 20.6 Å². The first kappa shape index (κ1) is 21.1. The van der Waals surface area contributed by atoms with Crippen LogP contribution in [0.3, 0.4) is 0 Å². The van der Waals surface area contributed by atoms with E-state index < -0.39 is 10.2 Å². The van der Waals surface area contributed by atoms with E-state index in [1.165, 1.54) is 0 Å². The summed E-state index contributed by atoms with van der Waals surface area (Å²) in [6.07, 6.45) is 5.18. The van der Waals surface area contributed by atoms with Crippen molar-refractivity contribution < 1.29 is 17.9 Å². The van der Waals surface area contributed by atoms with Crippen molar-refractivity contribution in [1.82, 2.24) is 13.5 Å². The molecule has 1 amide bonds. The second-order valence-electron chi connectivity index (χ2n) is 7.45. The van der Waals surface area contributed by atoms with Crippen molar-refractivity contribution in [2.75, 3.05) is 46.4 Å². The third kappa shape index (κ3) is 5.24. The molecule has 0 atom stereocenters. The van der Waals surface area contributed by atoms with Crippen LogP contribution < -0.4 is 4.74 Å². The maximum absolute atomic E-state index is 12.9. The lowest BCUT2D eigenvalue weighted by Gasteiger charge is -2.36. The molecular weight excluding hydrogens is 378 g/mol. The number of piperazine rings is 1. The van der Waals surface area contributed by atoms with E-state index in [0.717, 1.165) is 37.0 Å². The molecule has 2 aliphatic heterocycles. The van der Waals surface area contributed by atoms with Gasteiger partial charge in [-0.25, -0.2) is 0 Å². The summed E-state index contributed by atoms with van der Waals surface area (Å²) in [5.41, 5.74) is 1.09. The number of benzene rings is 1. The Bertz CT molecular complexity index is 735. The Balaban J connectivity index is 1.47. The van der Waals surface area contributed by atoms with Crippen molar-refractivity contribution >= 4 is 16.1 Å². The van der Waals surface area contributed by atoms with Crippen LogP contribution in [0.1, 0.15) is 37.7 Å². The molecule has 156 valence electrons. The Labute approximate surface area is 168 Å². The zero-order chi connectivity index (χ0) is 20.0. The van der Waals surface area contributed by atoms with Gasteiger partial charge in [-0.1, -0.05) is 25.0 Å². The van der Waals surface area contributed by atoms with Gasteiger partial charge in [0, 0.05) is 45.7 Å². The van der Waals surface area contributed by atoms with Crippen molar-refractivity contribution in [1.29, 1.82) is 0 Å². The van der Waals surface area contributed by atoms with Gasteiger partial charge in [0.1, 0.15) is 5.75 Å². The lowest BCUT2D eigenvalue weighted by atomic mass is 10.1. The molecule has 0 bridgehead atoms. The van der Waals surface area contributed by atoms with Crippen LogP contribution in [-0.4, -0.2) is 74.2 Å². The molecule has 2 saturated heterocycles. The Kier molecular flexibility index (Phi) is 7.31. The highest BCUT2D eigenvalue weighted by Crippen LogP contribution is 2.19. The van der Waals surface area contributed by atoms with Crippen LogP contribution in [0.25, 0.3) is 0 Å². The minimum atomic E-state index is -3.40. The molecule has 7 nitrogen and oxygen atoms in total. The molecule has 8 heteroatoms. The Hall–Kier alpha value is -1.64. The van der Waals surface area contributed by atoms with Gasteiger partial charge >= 0.3 is 0 Å².